The lowest BCUT2D eigenvalue weighted by Gasteiger charge is -2.07. The van der Waals surface area contributed by atoms with E-state index in [1.807, 2.05) is 31.2 Å². The quantitative estimate of drug-likeness (QED) is 0.306. The average molecular weight is 418 g/mol. The van der Waals surface area contributed by atoms with Crippen LogP contribution in [0.3, 0.4) is 0 Å². The molecule has 0 fully saturated rings. The summed E-state index contributed by atoms with van der Waals surface area (Å²) < 4.78 is 1.12. The number of amides is 1. The van der Waals surface area contributed by atoms with Crippen LogP contribution in [0.25, 0.3) is 0 Å². The van der Waals surface area contributed by atoms with Gasteiger partial charge in [0.1, 0.15) is 11.6 Å². The van der Waals surface area contributed by atoms with Crippen molar-refractivity contribution in [3.05, 3.63) is 63.4 Å². The lowest BCUT2D eigenvalue weighted by molar-refractivity contribution is -0.112. The van der Waals surface area contributed by atoms with Gasteiger partial charge in [0.05, 0.1) is 0 Å². The molecule has 0 spiro atoms. The maximum absolute atomic E-state index is 12.1. The Balaban J connectivity index is 2.10. The number of nitrogen functional groups attached to an aromatic ring is 1. The zero-order chi connectivity index (χ0) is 16.8. The molecule has 0 unspecified atom stereocenters. The van der Waals surface area contributed by atoms with Gasteiger partial charge in [-0.1, -0.05) is 0 Å². The Bertz CT molecular complexity index is 791. The maximum atomic E-state index is 12.1. The third-order valence-electron chi connectivity index (χ3n) is 3.09. The van der Waals surface area contributed by atoms with E-state index in [0.29, 0.717) is 11.4 Å². The molecule has 0 aromatic heterocycles. The predicted molar refractivity (Wildman–Crippen MR) is 101 cm³/mol. The fourth-order valence-electron chi connectivity index (χ4n) is 1.85. The van der Waals surface area contributed by atoms with E-state index in [0.717, 1.165) is 14.8 Å². The van der Waals surface area contributed by atoms with Crippen LogP contribution < -0.4 is 16.4 Å². The van der Waals surface area contributed by atoms with Crippen LogP contribution in [0.1, 0.15) is 5.56 Å². The van der Waals surface area contributed by atoms with Crippen LogP contribution in [0.4, 0.5) is 17.1 Å². The highest BCUT2D eigenvalue weighted by atomic mass is 127. The first-order valence-electron chi connectivity index (χ1n) is 6.79. The van der Waals surface area contributed by atoms with Gasteiger partial charge in [0, 0.05) is 26.8 Å². The second-order valence-corrected chi connectivity index (χ2v) is 6.10. The van der Waals surface area contributed by atoms with Gasteiger partial charge >= 0.3 is 0 Å². The Morgan fingerprint density at radius 3 is 2.57 bits per heavy atom. The molecule has 0 aliphatic heterocycles. The number of nitrogens with zero attached hydrogens (tertiary/aromatic N) is 1. The van der Waals surface area contributed by atoms with Gasteiger partial charge in [-0.25, -0.2) is 0 Å². The van der Waals surface area contributed by atoms with Crippen molar-refractivity contribution >= 4 is 45.6 Å². The van der Waals surface area contributed by atoms with E-state index < -0.39 is 5.91 Å². The summed E-state index contributed by atoms with van der Waals surface area (Å²) in [5.41, 5.74) is 8.64. The molecule has 2 aromatic rings. The number of rotatable bonds is 4. The third-order valence-corrected chi connectivity index (χ3v) is 3.77. The average Bonchev–Trinajstić information content (AvgIpc) is 2.52. The van der Waals surface area contributed by atoms with Crippen LogP contribution in [0.5, 0.6) is 0 Å². The fourth-order valence-corrected chi connectivity index (χ4v) is 2.50. The summed E-state index contributed by atoms with van der Waals surface area (Å²) >= 11 is 2.23. The number of anilines is 3. The Morgan fingerprint density at radius 2 is 1.96 bits per heavy atom. The molecular formula is C17H15IN4O. The number of nitriles is 1. The standard InChI is InChI=1S/C17H15IN4O/c1-11-8-13(18)2-7-16(11)21-10-12(9-19)17(23)22-15-5-3-14(20)4-6-15/h2-8,10,21H,20H2,1H3,(H,22,23)/b12-10-. The molecule has 2 aromatic carbocycles. The lowest BCUT2D eigenvalue weighted by atomic mass is 10.2. The molecule has 2 rings (SSSR count). The van der Waals surface area contributed by atoms with Gasteiger partial charge in [-0.05, 0) is 77.5 Å². The monoisotopic (exact) mass is 418 g/mol. The number of carbonyl (C=O) groups excluding carboxylic acids is 1. The van der Waals surface area contributed by atoms with E-state index in [2.05, 4.69) is 33.2 Å². The molecule has 1 amide bonds. The summed E-state index contributed by atoms with van der Waals surface area (Å²) in [7, 11) is 0. The lowest BCUT2D eigenvalue weighted by Crippen LogP contribution is -2.14. The Kier molecular flexibility index (Phi) is 5.60. The summed E-state index contributed by atoms with van der Waals surface area (Å²) in [6.45, 7) is 1.96. The minimum atomic E-state index is -0.479. The maximum Gasteiger partial charge on any atom is 0.267 e. The molecule has 116 valence electrons. The largest absolute Gasteiger partial charge is 0.399 e. The first kappa shape index (κ1) is 16.8. The van der Waals surface area contributed by atoms with Crippen LogP contribution in [0.2, 0.25) is 0 Å². The molecule has 0 radical (unpaired) electrons. The number of carbonyl (C=O) groups is 1. The summed E-state index contributed by atoms with van der Waals surface area (Å²) in [6.07, 6.45) is 1.40. The van der Waals surface area contributed by atoms with Crippen LogP contribution in [-0.2, 0) is 4.79 Å². The van der Waals surface area contributed by atoms with Crippen LogP contribution in [-0.4, -0.2) is 5.91 Å². The van der Waals surface area contributed by atoms with E-state index in [9.17, 15) is 4.79 Å². The summed E-state index contributed by atoms with van der Waals surface area (Å²) in [6, 6.07) is 14.5. The Labute approximate surface area is 148 Å². The van der Waals surface area contributed by atoms with Crippen molar-refractivity contribution in [3.63, 3.8) is 0 Å². The van der Waals surface area contributed by atoms with Gasteiger partial charge in [0.15, 0.2) is 0 Å². The van der Waals surface area contributed by atoms with E-state index >= 15 is 0 Å². The van der Waals surface area contributed by atoms with E-state index in [-0.39, 0.29) is 5.57 Å². The second-order valence-electron chi connectivity index (χ2n) is 4.85. The molecule has 0 aliphatic carbocycles. The molecule has 0 heterocycles. The number of nitrogens with one attached hydrogen (secondary N) is 2. The summed E-state index contributed by atoms with van der Waals surface area (Å²) in [5, 5.41) is 14.8. The fraction of sp³-hybridized carbons (Fsp3) is 0.0588. The number of aryl methyl sites for hydroxylation is 1. The van der Waals surface area contributed by atoms with Crippen molar-refractivity contribution in [2.24, 2.45) is 0 Å². The van der Waals surface area contributed by atoms with Gasteiger partial charge in [0.2, 0.25) is 0 Å². The van der Waals surface area contributed by atoms with Crippen molar-refractivity contribution in [2.45, 2.75) is 6.92 Å². The number of nitrogens with two attached hydrogens (primary N) is 1. The molecule has 5 nitrogen and oxygen atoms in total. The number of hydrogen-bond donors (Lipinski definition) is 3. The molecule has 0 bridgehead atoms. The third kappa shape index (κ3) is 4.72. The van der Waals surface area contributed by atoms with Gasteiger partial charge in [-0.2, -0.15) is 5.26 Å². The molecule has 0 saturated heterocycles. The zero-order valence-corrected chi connectivity index (χ0v) is 14.6. The highest BCUT2D eigenvalue weighted by Crippen LogP contribution is 2.18. The smallest absolute Gasteiger partial charge is 0.267 e. The predicted octanol–water partition coefficient (Wildman–Crippen LogP) is 3.64. The van der Waals surface area contributed by atoms with Gasteiger partial charge in [0.25, 0.3) is 5.91 Å². The number of hydrogen-bond acceptors (Lipinski definition) is 4. The van der Waals surface area contributed by atoms with E-state index in [4.69, 9.17) is 11.0 Å². The molecule has 0 aliphatic rings. The zero-order valence-electron chi connectivity index (χ0n) is 12.4. The van der Waals surface area contributed by atoms with Crippen molar-refractivity contribution in [3.8, 4) is 6.07 Å². The van der Waals surface area contributed by atoms with Crippen LogP contribution in [0, 0.1) is 21.8 Å². The second kappa shape index (κ2) is 7.65. The summed E-state index contributed by atoms with van der Waals surface area (Å²) in [4.78, 5) is 12.1. The summed E-state index contributed by atoms with van der Waals surface area (Å²) in [5.74, 6) is -0.479. The van der Waals surface area contributed by atoms with Crippen molar-refractivity contribution in [1.29, 1.82) is 5.26 Å². The minimum absolute atomic E-state index is 0.0141. The van der Waals surface area contributed by atoms with Gasteiger partial charge < -0.3 is 16.4 Å². The first-order valence-corrected chi connectivity index (χ1v) is 7.87. The minimum Gasteiger partial charge on any atom is -0.399 e. The number of benzene rings is 2. The first-order chi connectivity index (χ1) is 11.0. The number of halogens is 1. The highest BCUT2D eigenvalue weighted by molar-refractivity contribution is 14.1. The normalized spacial score (nSPS) is 10.7. The SMILES string of the molecule is Cc1cc(I)ccc1N/C=C(/C#N)C(=O)Nc1ccc(N)cc1. The van der Waals surface area contributed by atoms with Gasteiger partial charge in [-0.15, -0.1) is 0 Å². The molecule has 0 atom stereocenters. The molecule has 0 saturated carbocycles. The van der Waals surface area contributed by atoms with Crippen molar-refractivity contribution in [1.82, 2.24) is 0 Å². The molecule has 23 heavy (non-hydrogen) atoms. The van der Waals surface area contributed by atoms with Gasteiger partial charge in [-0.3, -0.25) is 4.79 Å². The van der Waals surface area contributed by atoms with Crippen molar-refractivity contribution < 1.29 is 4.79 Å². The van der Waals surface area contributed by atoms with E-state index in [1.165, 1.54) is 6.20 Å². The molecule has 6 heteroatoms. The Morgan fingerprint density at radius 1 is 1.26 bits per heavy atom. The highest BCUT2D eigenvalue weighted by Gasteiger charge is 2.09. The van der Waals surface area contributed by atoms with Crippen LogP contribution in [0.15, 0.2) is 54.2 Å². The Hall–Kier alpha value is -2.53. The molecule has 4 N–H and O–H groups in total. The molecular weight excluding hydrogens is 403 g/mol. The topological polar surface area (TPSA) is 90.9 Å². The van der Waals surface area contributed by atoms with E-state index in [1.54, 1.807) is 24.3 Å². The van der Waals surface area contributed by atoms with Crippen LogP contribution >= 0.6 is 22.6 Å². The van der Waals surface area contributed by atoms with Crippen molar-refractivity contribution in [2.75, 3.05) is 16.4 Å².